The van der Waals surface area contributed by atoms with Crippen molar-refractivity contribution >= 4 is 5.82 Å². The second-order valence-electron chi connectivity index (χ2n) is 4.42. The van der Waals surface area contributed by atoms with E-state index in [1.54, 1.807) is 6.20 Å². The first-order valence-corrected chi connectivity index (χ1v) is 6.07. The van der Waals surface area contributed by atoms with Crippen molar-refractivity contribution in [2.75, 3.05) is 25.0 Å². The summed E-state index contributed by atoms with van der Waals surface area (Å²) in [5, 5.41) is 11.4. The van der Waals surface area contributed by atoms with Gasteiger partial charge in [-0.25, -0.2) is 0 Å². The van der Waals surface area contributed by atoms with Crippen molar-refractivity contribution in [1.29, 1.82) is 0 Å². The average molecular weight is 220 g/mol. The van der Waals surface area contributed by atoms with E-state index < -0.39 is 0 Å². The number of nitrogens with one attached hydrogen (secondary N) is 1. The molecule has 0 spiro atoms. The Bertz CT molecular complexity index is 340. The molecule has 88 valence electrons. The predicted octanol–water partition coefficient (Wildman–Crippen LogP) is 1.68. The van der Waals surface area contributed by atoms with E-state index in [1.165, 1.54) is 19.4 Å². The Balaban J connectivity index is 1.87. The molecule has 1 aliphatic rings. The molecule has 1 unspecified atom stereocenters. The molecule has 0 amide bonds. The fourth-order valence-electron chi connectivity index (χ4n) is 2.32. The molecule has 1 aromatic heterocycles. The summed E-state index contributed by atoms with van der Waals surface area (Å²) < 4.78 is 0. The Morgan fingerprint density at radius 2 is 2.44 bits per heavy atom. The maximum atomic E-state index is 4.07. The van der Waals surface area contributed by atoms with Gasteiger partial charge in [-0.15, -0.1) is 5.10 Å². The highest BCUT2D eigenvalue weighted by molar-refractivity contribution is 5.35. The maximum Gasteiger partial charge on any atom is 0.148 e. The van der Waals surface area contributed by atoms with E-state index in [-0.39, 0.29) is 0 Å². The van der Waals surface area contributed by atoms with E-state index in [4.69, 9.17) is 0 Å². The zero-order valence-corrected chi connectivity index (χ0v) is 10.1. The number of rotatable bonds is 4. The molecule has 1 aromatic rings. The fraction of sp³-hybridized carbons (Fsp3) is 0.667. The topological polar surface area (TPSA) is 41.0 Å². The standard InChI is InChI=1S/C12H20N4/c1-3-16-6-4-5-11(16)9-13-12-7-10(2)8-14-15-12/h7-8,11H,3-6,9H2,1-2H3,(H,13,15). The molecule has 0 aliphatic carbocycles. The summed E-state index contributed by atoms with van der Waals surface area (Å²) in [5.41, 5.74) is 1.15. The molecule has 1 aliphatic heterocycles. The SMILES string of the molecule is CCN1CCCC1CNc1cc(C)cnn1. The minimum absolute atomic E-state index is 0.660. The minimum atomic E-state index is 0.660. The normalized spacial score (nSPS) is 21.2. The highest BCUT2D eigenvalue weighted by Gasteiger charge is 2.22. The minimum Gasteiger partial charge on any atom is -0.367 e. The molecule has 2 heterocycles. The van der Waals surface area contributed by atoms with Crippen LogP contribution in [-0.2, 0) is 0 Å². The Morgan fingerprint density at radius 1 is 1.56 bits per heavy atom. The molecule has 2 rings (SSSR count). The summed E-state index contributed by atoms with van der Waals surface area (Å²) >= 11 is 0. The quantitative estimate of drug-likeness (QED) is 0.838. The monoisotopic (exact) mass is 220 g/mol. The number of anilines is 1. The van der Waals surface area contributed by atoms with E-state index in [0.29, 0.717) is 6.04 Å². The van der Waals surface area contributed by atoms with Crippen LogP contribution in [0.3, 0.4) is 0 Å². The second kappa shape index (κ2) is 5.25. The maximum absolute atomic E-state index is 4.07. The van der Waals surface area contributed by atoms with E-state index in [0.717, 1.165) is 24.5 Å². The van der Waals surface area contributed by atoms with Crippen molar-refractivity contribution < 1.29 is 0 Å². The molecule has 16 heavy (non-hydrogen) atoms. The van der Waals surface area contributed by atoms with Gasteiger partial charge in [0.25, 0.3) is 0 Å². The van der Waals surface area contributed by atoms with Crippen LogP contribution in [0.15, 0.2) is 12.3 Å². The summed E-state index contributed by atoms with van der Waals surface area (Å²) in [5.74, 6) is 0.892. The Kier molecular flexibility index (Phi) is 3.72. The lowest BCUT2D eigenvalue weighted by Gasteiger charge is -2.22. The predicted molar refractivity (Wildman–Crippen MR) is 65.5 cm³/mol. The van der Waals surface area contributed by atoms with Gasteiger partial charge in [0.15, 0.2) is 0 Å². The van der Waals surface area contributed by atoms with E-state index in [9.17, 15) is 0 Å². The number of likely N-dealkylation sites (N-methyl/N-ethyl adjacent to an activating group) is 1. The first kappa shape index (κ1) is 11.3. The lowest BCUT2D eigenvalue weighted by atomic mass is 10.2. The van der Waals surface area contributed by atoms with Crippen LogP contribution in [-0.4, -0.2) is 40.8 Å². The van der Waals surface area contributed by atoms with Gasteiger partial charge in [0.1, 0.15) is 5.82 Å². The first-order valence-electron chi connectivity index (χ1n) is 6.07. The molecule has 0 aromatic carbocycles. The highest BCUT2D eigenvalue weighted by atomic mass is 15.2. The number of aryl methyl sites for hydroxylation is 1. The van der Waals surface area contributed by atoms with Crippen molar-refractivity contribution in [3.8, 4) is 0 Å². The van der Waals surface area contributed by atoms with Gasteiger partial charge < -0.3 is 5.32 Å². The second-order valence-corrected chi connectivity index (χ2v) is 4.42. The van der Waals surface area contributed by atoms with Crippen molar-refractivity contribution in [3.05, 3.63) is 17.8 Å². The molecule has 4 heteroatoms. The van der Waals surface area contributed by atoms with Crippen LogP contribution in [0.5, 0.6) is 0 Å². The number of aromatic nitrogens is 2. The Labute approximate surface area is 97.1 Å². The largest absolute Gasteiger partial charge is 0.367 e. The third kappa shape index (κ3) is 2.70. The van der Waals surface area contributed by atoms with Gasteiger partial charge in [-0.2, -0.15) is 5.10 Å². The van der Waals surface area contributed by atoms with E-state index in [1.807, 2.05) is 13.0 Å². The molecule has 1 saturated heterocycles. The molecule has 0 bridgehead atoms. The van der Waals surface area contributed by atoms with Gasteiger partial charge >= 0.3 is 0 Å². The van der Waals surface area contributed by atoms with Crippen LogP contribution in [0.1, 0.15) is 25.3 Å². The molecule has 0 saturated carbocycles. The summed E-state index contributed by atoms with van der Waals surface area (Å²) in [6.07, 6.45) is 4.39. The zero-order valence-electron chi connectivity index (χ0n) is 10.1. The third-order valence-corrected chi connectivity index (χ3v) is 3.22. The van der Waals surface area contributed by atoms with Crippen LogP contribution < -0.4 is 5.32 Å². The molecular weight excluding hydrogens is 200 g/mol. The van der Waals surface area contributed by atoms with E-state index in [2.05, 4.69) is 27.3 Å². The lowest BCUT2D eigenvalue weighted by molar-refractivity contribution is 0.277. The van der Waals surface area contributed by atoms with Crippen LogP contribution in [0.4, 0.5) is 5.82 Å². The number of likely N-dealkylation sites (tertiary alicyclic amines) is 1. The Hall–Kier alpha value is -1.16. The zero-order chi connectivity index (χ0) is 11.4. The molecule has 0 radical (unpaired) electrons. The van der Waals surface area contributed by atoms with Crippen LogP contribution in [0.25, 0.3) is 0 Å². The third-order valence-electron chi connectivity index (χ3n) is 3.22. The fourth-order valence-corrected chi connectivity index (χ4v) is 2.32. The number of nitrogens with zero attached hydrogens (tertiary/aromatic N) is 3. The van der Waals surface area contributed by atoms with Gasteiger partial charge in [-0.05, 0) is 44.5 Å². The van der Waals surface area contributed by atoms with Crippen LogP contribution in [0.2, 0.25) is 0 Å². The van der Waals surface area contributed by atoms with Gasteiger partial charge in [-0.3, -0.25) is 4.90 Å². The van der Waals surface area contributed by atoms with Gasteiger partial charge in [0.2, 0.25) is 0 Å². The molecular formula is C12H20N4. The smallest absolute Gasteiger partial charge is 0.148 e. The van der Waals surface area contributed by atoms with Crippen molar-refractivity contribution in [1.82, 2.24) is 15.1 Å². The van der Waals surface area contributed by atoms with Crippen molar-refractivity contribution in [2.24, 2.45) is 0 Å². The van der Waals surface area contributed by atoms with Crippen LogP contribution >= 0.6 is 0 Å². The highest BCUT2D eigenvalue weighted by Crippen LogP contribution is 2.16. The summed E-state index contributed by atoms with van der Waals surface area (Å²) in [6.45, 7) is 7.62. The number of hydrogen-bond acceptors (Lipinski definition) is 4. The van der Waals surface area contributed by atoms with Gasteiger partial charge in [-0.1, -0.05) is 6.92 Å². The van der Waals surface area contributed by atoms with E-state index >= 15 is 0 Å². The Morgan fingerprint density at radius 3 is 3.19 bits per heavy atom. The summed E-state index contributed by atoms with van der Waals surface area (Å²) in [4.78, 5) is 2.52. The summed E-state index contributed by atoms with van der Waals surface area (Å²) in [6, 6.07) is 2.70. The lowest BCUT2D eigenvalue weighted by Crippen LogP contribution is -2.34. The van der Waals surface area contributed by atoms with Gasteiger partial charge in [0, 0.05) is 12.6 Å². The average Bonchev–Trinajstić information content (AvgIpc) is 2.74. The first-order chi connectivity index (χ1) is 7.79. The molecule has 1 fully saturated rings. The summed E-state index contributed by atoms with van der Waals surface area (Å²) in [7, 11) is 0. The molecule has 1 N–H and O–H groups in total. The van der Waals surface area contributed by atoms with Crippen molar-refractivity contribution in [2.45, 2.75) is 32.7 Å². The van der Waals surface area contributed by atoms with Crippen LogP contribution in [0, 0.1) is 6.92 Å². The number of hydrogen-bond donors (Lipinski definition) is 1. The molecule has 4 nitrogen and oxygen atoms in total. The van der Waals surface area contributed by atoms with Gasteiger partial charge in [0.05, 0.1) is 6.20 Å². The van der Waals surface area contributed by atoms with Crippen molar-refractivity contribution in [3.63, 3.8) is 0 Å². The molecule has 1 atom stereocenters.